The number of rotatable bonds is 1. The highest BCUT2D eigenvalue weighted by atomic mass is 35.5. The number of fused-ring (bicyclic) bond motifs is 1. The molecule has 1 aliphatic heterocycles. The molecule has 1 aliphatic rings. The summed E-state index contributed by atoms with van der Waals surface area (Å²) >= 11 is 0. The van der Waals surface area contributed by atoms with Crippen molar-refractivity contribution in [2.24, 2.45) is 0 Å². The third kappa shape index (κ3) is 2.33. The minimum atomic E-state index is 0. The van der Waals surface area contributed by atoms with Gasteiger partial charge in [0.2, 0.25) is 0 Å². The topological polar surface area (TPSA) is 21.3 Å². The summed E-state index contributed by atoms with van der Waals surface area (Å²) in [6.07, 6.45) is 2.25. The number of hydrogen-bond acceptors (Lipinski definition) is 2. The third-order valence-electron chi connectivity index (χ3n) is 2.69. The normalized spacial score (nSPS) is 16.4. The van der Waals surface area contributed by atoms with Crippen molar-refractivity contribution in [3.05, 3.63) is 29.8 Å². The molecule has 3 heteroatoms. The second-order valence-corrected chi connectivity index (χ2v) is 4.59. The van der Waals surface area contributed by atoms with E-state index in [9.17, 15) is 0 Å². The average Bonchev–Trinajstić information content (AvgIpc) is 2.14. The van der Waals surface area contributed by atoms with Crippen molar-refractivity contribution >= 4 is 11.3 Å². The highest BCUT2D eigenvalue weighted by Gasteiger charge is 2.22. The van der Waals surface area contributed by atoms with Gasteiger partial charge in [0.05, 0.1) is 12.6 Å². The average molecular weight is 239 g/mol. The molecule has 0 spiro atoms. The molecule has 0 radical (unpaired) electrons. The lowest BCUT2D eigenvalue weighted by Gasteiger charge is -2.31. The van der Waals surface area contributed by atoms with Gasteiger partial charge in [0.1, 0.15) is 5.75 Å². The Morgan fingerprint density at radius 3 is 2.56 bits per heavy atom. The number of hydrogen-bond donors (Lipinski definition) is 1. The Kier molecular flexibility index (Phi) is 3.54. The van der Waals surface area contributed by atoms with E-state index in [1.807, 2.05) is 12.1 Å². The first-order chi connectivity index (χ1) is 7.02. The van der Waals surface area contributed by atoms with Gasteiger partial charge < -0.3 is 22.5 Å². The van der Waals surface area contributed by atoms with Gasteiger partial charge in [-0.25, -0.2) is 0 Å². The molecule has 1 aromatic rings. The first kappa shape index (κ1) is 12.9. The molecule has 0 saturated carbocycles. The van der Waals surface area contributed by atoms with Crippen LogP contribution < -0.4 is 22.5 Å². The van der Waals surface area contributed by atoms with Gasteiger partial charge in [-0.15, -0.1) is 0 Å². The summed E-state index contributed by atoms with van der Waals surface area (Å²) in [5.41, 5.74) is 3.74. The Balaban J connectivity index is 0.00000128. The molecule has 0 bridgehead atoms. The number of methoxy groups -OCH3 is 1. The van der Waals surface area contributed by atoms with Crippen molar-refractivity contribution in [1.29, 1.82) is 0 Å². The monoisotopic (exact) mass is 238 g/mol. The van der Waals surface area contributed by atoms with E-state index >= 15 is 0 Å². The zero-order valence-corrected chi connectivity index (χ0v) is 10.9. The molecule has 1 N–H and O–H groups in total. The minimum Gasteiger partial charge on any atom is -1.00 e. The number of anilines is 1. The molecule has 0 unspecified atom stereocenters. The smallest absolute Gasteiger partial charge is 0.120 e. The van der Waals surface area contributed by atoms with Crippen molar-refractivity contribution in [3.8, 4) is 5.75 Å². The molecule has 88 valence electrons. The first-order valence-corrected chi connectivity index (χ1v) is 5.18. The second-order valence-electron chi connectivity index (χ2n) is 4.59. The van der Waals surface area contributed by atoms with Crippen molar-refractivity contribution in [3.63, 3.8) is 0 Å². The highest BCUT2D eigenvalue weighted by Crippen LogP contribution is 2.35. The summed E-state index contributed by atoms with van der Waals surface area (Å²) in [6, 6.07) is 6.14. The third-order valence-corrected chi connectivity index (χ3v) is 2.69. The molecule has 0 atom stereocenters. The van der Waals surface area contributed by atoms with E-state index in [1.54, 1.807) is 7.11 Å². The van der Waals surface area contributed by atoms with E-state index in [4.69, 9.17) is 4.74 Å². The zero-order valence-electron chi connectivity index (χ0n) is 10.1. The van der Waals surface area contributed by atoms with Gasteiger partial charge in [-0.1, -0.05) is 6.08 Å². The maximum absolute atomic E-state index is 5.22. The van der Waals surface area contributed by atoms with Gasteiger partial charge in [-0.3, -0.25) is 0 Å². The van der Waals surface area contributed by atoms with Crippen LogP contribution in [0.2, 0.25) is 0 Å². The Bertz CT molecular complexity index is 424. The van der Waals surface area contributed by atoms with Gasteiger partial charge in [-0.2, -0.15) is 0 Å². The second kappa shape index (κ2) is 4.38. The van der Waals surface area contributed by atoms with Crippen molar-refractivity contribution in [1.82, 2.24) is 0 Å². The molecule has 0 aliphatic carbocycles. The van der Waals surface area contributed by atoms with E-state index in [0.29, 0.717) is 0 Å². The van der Waals surface area contributed by atoms with Gasteiger partial charge in [0, 0.05) is 17.3 Å². The Morgan fingerprint density at radius 1 is 1.25 bits per heavy atom. The first-order valence-electron chi connectivity index (χ1n) is 5.18. The van der Waals surface area contributed by atoms with Crippen LogP contribution in [-0.2, 0) is 0 Å². The van der Waals surface area contributed by atoms with E-state index in [0.717, 1.165) is 11.4 Å². The molecule has 0 fully saturated rings. The van der Waals surface area contributed by atoms with Crippen molar-refractivity contribution < 1.29 is 17.1 Å². The van der Waals surface area contributed by atoms with Crippen LogP contribution in [-0.4, -0.2) is 12.6 Å². The van der Waals surface area contributed by atoms with Crippen LogP contribution in [0.5, 0.6) is 5.75 Å². The molecule has 0 amide bonds. The number of benzene rings is 1. The lowest BCUT2D eigenvalue weighted by Crippen LogP contribution is -3.00. The quantitative estimate of drug-likeness (QED) is 0.761. The number of allylic oxidation sites excluding steroid dienone is 1. The number of halogens is 1. The van der Waals surface area contributed by atoms with Crippen LogP contribution in [0.3, 0.4) is 0 Å². The summed E-state index contributed by atoms with van der Waals surface area (Å²) < 4.78 is 5.22. The summed E-state index contributed by atoms with van der Waals surface area (Å²) in [4.78, 5) is 0. The fourth-order valence-electron chi connectivity index (χ4n) is 2.10. The summed E-state index contributed by atoms with van der Waals surface area (Å²) in [6.45, 7) is 6.48. The van der Waals surface area contributed by atoms with Gasteiger partial charge in [0.15, 0.2) is 0 Å². The molecule has 2 rings (SSSR count). The van der Waals surface area contributed by atoms with Gasteiger partial charge in [-0.05, 0) is 38.5 Å². The minimum absolute atomic E-state index is 0. The number of nitrogens with one attached hydrogen (secondary N) is 1. The van der Waals surface area contributed by atoms with Crippen molar-refractivity contribution in [2.45, 2.75) is 26.3 Å². The number of ether oxygens (including phenoxy) is 1. The Labute approximate surface area is 103 Å². The fraction of sp³-hybridized carbons (Fsp3) is 0.385. The van der Waals surface area contributed by atoms with Crippen LogP contribution in [0.1, 0.15) is 26.3 Å². The van der Waals surface area contributed by atoms with Crippen LogP contribution in [0.15, 0.2) is 24.3 Å². The van der Waals surface area contributed by atoms with Crippen LogP contribution in [0, 0.1) is 0 Å². The van der Waals surface area contributed by atoms with E-state index in [1.165, 1.54) is 11.1 Å². The summed E-state index contributed by atoms with van der Waals surface area (Å²) in [5.74, 6) is 0.895. The van der Waals surface area contributed by atoms with E-state index < -0.39 is 0 Å². The predicted molar refractivity (Wildman–Crippen MR) is 64.3 cm³/mol. The van der Waals surface area contributed by atoms with Gasteiger partial charge >= 0.3 is 0 Å². The van der Waals surface area contributed by atoms with Crippen LogP contribution >= 0.6 is 0 Å². The largest absolute Gasteiger partial charge is 1.00 e. The predicted octanol–water partition coefficient (Wildman–Crippen LogP) is 0.307. The maximum atomic E-state index is 5.22. The molecular weight excluding hydrogens is 222 g/mol. The lowest BCUT2D eigenvalue weighted by molar-refractivity contribution is -0.00000380. The van der Waals surface area contributed by atoms with Crippen LogP contribution in [0.25, 0.3) is 5.57 Å². The molecule has 1 heterocycles. The van der Waals surface area contributed by atoms with Gasteiger partial charge in [0.25, 0.3) is 0 Å². The van der Waals surface area contributed by atoms with E-state index in [2.05, 4.69) is 38.2 Å². The lowest BCUT2D eigenvalue weighted by atomic mass is 9.91. The highest BCUT2D eigenvalue weighted by molar-refractivity contribution is 5.80. The van der Waals surface area contributed by atoms with E-state index in [-0.39, 0.29) is 17.9 Å². The molecule has 0 aromatic heterocycles. The molecule has 16 heavy (non-hydrogen) atoms. The SMILES string of the molecule is COc1ccc2c(c1)NC(C)(C)C=C2C.[Cl-]. The standard InChI is InChI=1S/C13H17NO.ClH/c1-9-8-13(2,3)14-12-7-10(15-4)5-6-11(9)12;/h5-8,14H,1-4H3;1H/p-1. The Hall–Kier alpha value is -1.15. The molecule has 2 nitrogen and oxygen atoms in total. The molecular formula is C13H17ClNO-. The molecule has 1 aromatic carbocycles. The maximum Gasteiger partial charge on any atom is 0.120 e. The molecule has 0 saturated heterocycles. The Morgan fingerprint density at radius 2 is 1.94 bits per heavy atom. The fourth-order valence-corrected chi connectivity index (χ4v) is 2.10. The van der Waals surface area contributed by atoms with Crippen LogP contribution in [0.4, 0.5) is 5.69 Å². The van der Waals surface area contributed by atoms with Crippen molar-refractivity contribution in [2.75, 3.05) is 12.4 Å². The summed E-state index contributed by atoms with van der Waals surface area (Å²) in [7, 11) is 1.69. The zero-order chi connectivity index (χ0) is 11.1. The summed E-state index contributed by atoms with van der Waals surface area (Å²) in [5, 5.41) is 3.48.